The zero-order valence-electron chi connectivity index (χ0n) is 11.5. The largest absolute Gasteiger partial charge is 0.356 e. The average molecular weight is 336 g/mol. The van der Waals surface area contributed by atoms with Gasteiger partial charge in [-0.05, 0) is 12.1 Å². The Balaban J connectivity index is 2.22. The van der Waals surface area contributed by atoms with E-state index in [1.807, 2.05) is 31.2 Å². The highest BCUT2D eigenvalue weighted by molar-refractivity contribution is 9.11. The van der Waals surface area contributed by atoms with Crippen LogP contribution in [0.3, 0.4) is 0 Å². The summed E-state index contributed by atoms with van der Waals surface area (Å²) in [4.78, 5) is 15.9. The van der Waals surface area contributed by atoms with Gasteiger partial charge in [-0.15, -0.1) is 0 Å². The van der Waals surface area contributed by atoms with Crippen LogP contribution < -0.4 is 5.32 Å². The van der Waals surface area contributed by atoms with E-state index >= 15 is 0 Å². The second kappa shape index (κ2) is 6.70. The Morgan fingerprint density at radius 1 is 1.45 bits per heavy atom. The summed E-state index contributed by atoms with van der Waals surface area (Å²) in [5.74, 6) is 1.03. The zero-order valence-corrected chi connectivity index (χ0v) is 13.1. The van der Waals surface area contributed by atoms with Crippen molar-refractivity contribution in [3.8, 4) is 0 Å². The number of nitrogens with one attached hydrogen (secondary N) is 1. The molecule has 106 valence electrons. The van der Waals surface area contributed by atoms with E-state index in [0.717, 1.165) is 21.3 Å². The lowest BCUT2D eigenvalue weighted by molar-refractivity contribution is -0.120. The molecule has 0 aliphatic rings. The molecular formula is C15H18BrN3O. The van der Waals surface area contributed by atoms with Crippen LogP contribution in [-0.2, 0) is 17.8 Å². The lowest BCUT2D eigenvalue weighted by atomic mass is 10.3. The third-order valence-electron chi connectivity index (χ3n) is 3.06. The highest BCUT2D eigenvalue weighted by Crippen LogP contribution is 2.19. The van der Waals surface area contributed by atoms with Gasteiger partial charge in [-0.2, -0.15) is 0 Å². The molecule has 1 amide bonds. The van der Waals surface area contributed by atoms with Crippen LogP contribution in [-0.4, -0.2) is 22.0 Å². The SMILES string of the molecule is C=C(Br)Cn1c(CCNC(=O)CC)nc2ccccc21. The Morgan fingerprint density at radius 2 is 2.20 bits per heavy atom. The van der Waals surface area contributed by atoms with Gasteiger partial charge in [-0.3, -0.25) is 4.79 Å². The van der Waals surface area contributed by atoms with Gasteiger partial charge in [-0.1, -0.05) is 41.6 Å². The van der Waals surface area contributed by atoms with Gasteiger partial charge in [0, 0.05) is 23.9 Å². The van der Waals surface area contributed by atoms with E-state index in [4.69, 9.17) is 0 Å². The standard InChI is InChI=1S/C15H18BrN3O/c1-3-15(20)17-9-8-14-18-12-6-4-5-7-13(12)19(14)10-11(2)16/h4-7H,2-3,8-10H2,1H3,(H,17,20). The predicted octanol–water partition coefficient (Wildman–Crippen LogP) is 3.01. The molecule has 1 N–H and O–H groups in total. The Kier molecular flexibility index (Phi) is 4.95. The zero-order chi connectivity index (χ0) is 14.5. The molecule has 20 heavy (non-hydrogen) atoms. The first kappa shape index (κ1) is 14.8. The van der Waals surface area contributed by atoms with Crippen molar-refractivity contribution in [3.05, 3.63) is 41.2 Å². The molecule has 1 aromatic heterocycles. The molecule has 5 heteroatoms. The van der Waals surface area contributed by atoms with Crippen molar-refractivity contribution in [3.63, 3.8) is 0 Å². The highest BCUT2D eigenvalue weighted by Gasteiger charge is 2.10. The summed E-state index contributed by atoms with van der Waals surface area (Å²) in [5.41, 5.74) is 2.06. The number of amides is 1. The third kappa shape index (κ3) is 3.48. The van der Waals surface area contributed by atoms with Crippen molar-refractivity contribution >= 4 is 32.9 Å². The molecule has 4 nitrogen and oxygen atoms in total. The molecule has 0 saturated carbocycles. The van der Waals surface area contributed by atoms with Crippen molar-refractivity contribution in [1.29, 1.82) is 0 Å². The van der Waals surface area contributed by atoms with E-state index in [0.29, 0.717) is 25.9 Å². The Bertz CT molecular complexity index is 633. The number of nitrogens with zero attached hydrogens (tertiary/aromatic N) is 2. The fourth-order valence-corrected chi connectivity index (χ4v) is 2.35. The van der Waals surface area contributed by atoms with Crippen molar-refractivity contribution < 1.29 is 4.79 Å². The monoisotopic (exact) mass is 335 g/mol. The van der Waals surface area contributed by atoms with Crippen molar-refractivity contribution in [2.24, 2.45) is 0 Å². The number of hydrogen-bond donors (Lipinski definition) is 1. The van der Waals surface area contributed by atoms with Crippen molar-refractivity contribution in [2.75, 3.05) is 6.54 Å². The van der Waals surface area contributed by atoms with Crippen LogP contribution in [0.15, 0.2) is 35.3 Å². The van der Waals surface area contributed by atoms with Gasteiger partial charge in [0.25, 0.3) is 0 Å². The number of carbonyl (C=O) groups is 1. The molecule has 0 aliphatic carbocycles. The third-order valence-corrected chi connectivity index (χ3v) is 3.31. The molecule has 0 bridgehead atoms. The average Bonchev–Trinajstić information content (AvgIpc) is 2.76. The van der Waals surface area contributed by atoms with Crippen LogP contribution in [0.1, 0.15) is 19.2 Å². The second-order valence-electron chi connectivity index (χ2n) is 4.57. The minimum absolute atomic E-state index is 0.0672. The van der Waals surface area contributed by atoms with E-state index in [1.54, 1.807) is 0 Å². The van der Waals surface area contributed by atoms with Gasteiger partial charge in [0.1, 0.15) is 5.82 Å². The fourth-order valence-electron chi connectivity index (χ4n) is 2.10. The minimum atomic E-state index is 0.0672. The molecule has 1 aromatic carbocycles. The normalized spacial score (nSPS) is 10.7. The van der Waals surface area contributed by atoms with Crippen LogP contribution in [0.2, 0.25) is 0 Å². The summed E-state index contributed by atoms with van der Waals surface area (Å²) in [6, 6.07) is 8.02. The quantitative estimate of drug-likeness (QED) is 0.881. The molecule has 0 unspecified atom stereocenters. The molecule has 0 spiro atoms. The van der Waals surface area contributed by atoms with Gasteiger partial charge in [-0.25, -0.2) is 4.98 Å². The minimum Gasteiger partial charge on any atom is -0.356 e. The van der Waals surface area contributed by atoms with Gasteiger partial charge in [0.15, 0.2) is 0 Å². The summed E-state index contributed by atoms with van der Waals surface area (Å²) >= 11 is 3.41. The molecular weight excluding hydrogens is 318 g/mol. The number of allylic oxidation sites excluding steroid dienone is 1. The van der Waals surface area contributed by atoms with Gasteiger partial charge in [0.2, 0.25) is 5.91 Å². The predicted molar refractivity (Wildman–Crippen MR) is 84.8 cm³/mol. The number of halogens is 1. The van der Waals surface area contributed by atoms with Crippen LogP contribution in [0.5, 0.6) is 0 Å². The fraction of sp³-hybridized carbons (Fsp3) is 0.333. The molecule has 0 atom stereocenters. The second-order valence-corrected chi connectivity index (χ2v) is 5.70. The van der Waals surface area contributed by atoms with Crippen molar-refractivity contribution in [2.45, 2.75) is 26.3 Å². The Hall–Kier alpha value is -1.62. The number of aromatic nitrogens is 2. The van der Waals surface area contributed by atoms with Gasteiger partial charge >= 0.3 is 0 Å². The molecule has 0 aliphatic heterocycles. The summed E-state index contributed by atoms with van der Waals surface area (Å²) in [6.07, 6.45) is 1.22. The van der Waals surface area contributed by atoms with E-state index in [-0.39, 0.29) is 5.91 Å². The summed E-state index contributed by atoms with van der Waals surface area (Å²) in [5, 5.41) is 2.88. The van der Waals surface area contributed by atoms with E-state index in [9.17, 15) is 4.79 Å². The highest BCUT2D eigenvalue weighted by atomic mass is 79.9. The van der Waals surface area contributed by atoms with E-state index < -0.39 is 0 Å². The van der Waals surface area contributed by atoms with Crippen LogP contribution in [0, 0.1) is 0 Å². The molecule has 1 heterocycles. The molecule has 0 saturated heterocycles. The van der Waals surface area contributed by atoms with Crippen LogP contribution in [0.4, 0.5) is 0 Å². The lowest BCUT2D eigenvalue weighted by Crippen LogP contribution is -2.25. The molecule has 0 radical (unpaired) electrons. The Morgan fingerprint density at radius 3 is 2.90 bits per heavy atom. The lowest BCUT2D eigenvalue weighted by Gasteiger charge is -2.08. The first-order valence-electron chi connectivity index (χ1n) is 6.66. The number of fused-ring (bicyclic) bond motifs is 1. The number of rotatable bonds is 6. The van der Waals surface area contributed by atoms with Gasteiger partial charge < -0.3 is 9.88 Å². The van der Waals surface area contributed by atoms with E-state index in [2.05, 4.69) is 37.4 Å². The topological polar surface area (TPSA) is 46.9 Å². The number of benzene rings is 1. The Labute approximate surface area is 127 Å². The number of para-hydroxylation sites is 2. The molecule has 2 aromatic rings. The molecule has 0 fully saturated rings. The number of hydrogen-bond acceptors (Lipinski definition) is 2. The van der Waals surface area contributed by atoms with Crippen LogP contribution in [0.25, 0.3) is 11.0 Å². The number of carbonyl (C=O) groups excluding carboxylic acids is 1. The van der Waals surface area contributed by atoms with Gasteiger partial charge in [0.05, 0.1) is 17.6 Å². The maximum absolute atomic E-state index is 11.3. The molecule has 2 rings (SSSR count). The number of imidazole rings is 1. The summed E-state index contributed by atoms with van der Waals surface area (Å²) < 4.78 is 3.03. The summed E-state index contributed by atoms with van der Waals surface area (Å²) in [7, 11) is 0. The smallest absolute Gasteiger partial charge is 0.219 e. The van der Waals surface area contributed by atoms with Crippen molar-refractivity contribution in [1.82, 2.24) is 14.9 Å². The van der Waals surface area contributed by atoms with E-state index in [1.165, 1.54) is 0 Å². The summed E-state index contributed by atoms with van der Waals surface area (Å²) in [6.45, 7) is 7.02. The first-order chi connectivity index (χ1) is 9.61. The maximum atomic E-state index is 11.3. The van der Waals surface area contributed by atoms with Crippen LogP contribution >= 0.6 is 15.9 Å². The first-order valence-corrected chi connectivity index (χ1v) is 7.45. The maximum Gasteiger partial charge on any atom is 0.219 e.